The molecule has 4 nitrogen and oxygen atoms in total. The number of carbonyl (C=O) groups excluding carboxylic acids is 1. The highest BCUT2D eigenvalue weighted by Gasteiger charge is 2.08. The molecule has 2 N–H and O–H groups in total. The van der Waals surface area contributed by atoms with Crippen molar-refractivity contribution in [2.24, 2.45) is 0 Å². The normalized spacial score (nSPS) is 12.0. The van der Waals surface area contributed by atoms with E-state index in [9.17, 15) is 18.7 Å². The molecule has 0 saturated carbocycles. The molecule has 0 radical (unpaired) electrons. The lowest BCUT2D eigenvalue weighted by Crippen LogP contribution is -2.31. The number of ether oxygens (including phenoxy) is 1. The van der Waals surface area contributed by atoms with Gasteiger partial charge in [-0.05, 0) is 25.0 Å². The average molecular weight is 273 g/mol. The van der Waals surface area contributed by atoms with Gasteiger partial charge in [-0.2, -0.15) is 0 Å². The van der Waals surface area contributed by atoms with Gasteiger partial charge in [-0.25, -0.2) is 8.78 Å². The first-order chi connectivity index (χ1) is 9.02. The van der Waals surface area contributed by atoms with Gasteiger partial charge in [0.25, 0.3) is 5.91 Å². The van der Waals surface area contributed by atoms with Gasteiger partial charge in [0.15, 0.2) is 18.2 Å². The Morgan fingerprint density at radius 1 is 1.47 bits per heavy atom. The van der Waals surface area contributed by atoms with Gasteiger partial charge < -0.3 is 15.2 Å². The van der Waals surface area contributed by atoms with E-state index >= 15 is 0 Å². The minimum absolute atomic E-state index is 0.176. The number of rotatable bonds is 7. The standard InChI is InChI=1S/C13H17F2NO3/c1-2-10(17)5-6-16-13(18)8-19-12-4-3-9(14)7-11(12)15/h3-4,7,10,17H,2,5-6,8H2,1H3,(H,16,18). The molecule has 0 aromatic heterocycles. The molecule has 0 spiro atoms. The number of hydrogen-bond acceptors (Lipinski definition) is 3. The van der Waals surface area contributed by atoms with Gasteiger partial charge in [0.05, 0.1) is 6.10 Å². The molecule has 0 aliphatic carbocycles. The molecule has 1 amide bonds. The van der Waals surface area contributed by atoms with E-state index in [4.69, 9.17) is 4.74 Å². The second-order valence-corrected chi connectivity index (χ2v) is 4.06. The summed E-state index contributed by atoms with van der Waals surface area (Å²) in [6, 6.07) is 2.86. The van der Waals surface area contributed by atoms with E-state index in [0.717, 1.165) is 12.1 Å². The van der Waals surface area contributed by atoms with Crippen LogP contribution < -0.4 is 10.1 Å². The Hall–Kier alpha value is -1.69. The van der Waals surface area contributed by atoms with Crippen LogP contribution in [0.15, 0.2) is 18.2 Å². The van der Waals surface area contributed by atoms with E-state index in [2.05, 4.69) is 5.32 Å². The Morgan fingerprint density at radius 2 is 2.21 bits per heavy atom. The summed E-state index contributed by atoms with van der Waals surface area (Å²) in [7, 11) is 0. The van der Waals surface area contributed by atoms with Crippen LogP contribution in [0.1, 0.15) is 19.8 Å². The lowest BCUT2D eigenvalue weighted by atomic mass is 10.2. The van der Waals surface area contributed by atoms with E-state index in [1.807, 2.05) is 6.92 Å². The predicted molar refractivity (Wildman–Crippen MR) is 65.8 cm³/mol. The number of aliphatic hydroxyl groups excluding tert-OH is 1. The second kappa shape index (κ2) is 7.68. The number of carbonyl (C=O) groups is 1. The second-order valence-electron chi connectivity index (χ2n) is 4.06. The molecule has 0 aliphatic heterocycles. The van der Waals surface area contributed by atoms with Gasteiger partial charge in [0.2, 0.25) is 0 Å². The minimum Gasteiger partial charge on any atom is -0.481 e. The summed E-state index contributed by atoms with van der Waals surface area (Å²) < 4.78 is 30.7. The minimum atomic E-state index is -0.853. The van der Waals surface area contributed by atoms with Crippen molar-refractivity contribution in [1.82, 2.24) is 5.32 Å². The van der Waals surface area contributed by atoms with E-state index in [1.165, 1.54) is 0 Å². The quantitative estimate of drug-likeness (QED) is 0.793. The highest BCUT2D eigenvalue weighted by atomic mass is 19.1. The van der Waals surface area contributed by atoms with Crippen LogP contribution in [-0.2, 0) is 4.79 Å². The first-order valence-electron chi connectivity index (χ1n) is 6.05. The molecule has 0 saturated heterocycles. The molecular weight excluding hydrogens is 256 g/mol. The zero-order chi connectivity index (χ0) is 14.3. The fraction of sp³-hybridized carbons (Fsp3) is 0.462. The van der Waals surface area contributed by atoms with Gasteiger partial charge in [-0.15, -0.1) is 0 Å². The first-order valence-corrected chi connectivity index (χ1v) is 6.05. The van der Waals surface area contributed by atoms with Crippen molar-refractivity contribution < 1.29 is 23.4 Å². The molecule has 0 bridgehead atoms. The van der Waals surface area contributed by atoms with E-state index in [0.29, 0.717) is 25.5 Å². The summed E-state index contributed by atoms with van der Waals surface area (Å²) in [5.41, 5.74) is 0. The fourth-order valence-corrected chi connectivity index (χ4v) is 1.37. The summed E-state index contributed by atoms with van der Waals surface area (Å²) >= 11 is 0. The van der Waals surface area contributed by atoms with Crippen molar-refractivity contribution in [1.29, 1.82) is 0 Å². The lowest BCUT2D eigenvalue weighted by molar-refractivity contribution is -0.123. The molecule has 106 valence electrons. The van der Waals surface area contributed by atoms with Crippen LogP contribution in [-0.4, -0.2) is 30.3 Å². The van der Waals surface area contributed by atoms with Crippen LogP contribution >= 0.6 is 0 Å². The Morgan fingerprint density at radius 3 is 2.84 bits per heavy atom. The molecule has 1 aromatic carbocycles. The highest BCUT2D eigenvalue weighted by Crippen LogP contribution is 2.17. The zero-order valence-corrected chi connectivity index (χ0v) is 10.7. The number of amides is 1. The largest absolute Gasteiger partial charge is 0.481 e. The van der Waals surface area contributed by atoms with Crippen LogP contribution in [0.2, 0.25) is 0 Å². The first kappa shape index (κ1) is 15.4. The van der Waals surface area contributed by atoms with Crippen molar-refractivity contribution in [2.75, 3.05) is 13.2 Å². The molecule has 19 heavy (non-hydrogen) atoms. The Balaban J connectivity index is 2.30. The van der Waals surface area contributed by atoms with Gasteiger partial charge >= 0.3 is 0 Å². The van der Waals surface area contributed by atoms with Gasteiger partial charge in [-0.3, -0.25) is 4.79 Å². The summed E-state index contributed by atoms with van der Waals surface area (Å²) in [5.74, 6) is -2.16. The van der Waals surface area contributed by atoms with Gasteiger partial charge in [0.1, 0.15) is 5.82 Å². The molecular formula is C13H17F2NO3. The number of benzene rings is 1. The third-order valence-corrected chi connectivity index (χ3v) is 2.52. The maximum Gasteiger partial charge on any atom is 0.257 e. The van der Waals surface area contributed by atoms with Crippen molar-refractivity contribution in [2.45, 2.75) is 25.9 Å². The van der Waals surface area contributed by atoms with Crippen molar-refractivity contribution in [3.05, 3.63) is 29.8 Å². The topological polar surface area (TPSA) is 58.6 Å². The number of hydrogen-bond donors (Lipinski definition) is 2. The molecule has 1 rings (SSSR count). The molecule has 0 fully saturated rings. The monoisotopic (exact) mass is 273 g/mol. The maximum absolute atomic E-state index is 13.2. The van der Waals surface area contributed by atoms with Crippen molar-refractivity contribution in [3.8, 4) is 5.75 Å². The zero-order valence-electron chi connectivity index (χ0n) is 10.7. The number of aliphatic hydroxyl groups is 1. The maximum atomic E-state index is 13.2. The van der Waals surface area contributed by atoms with Crippen molar-refractivity contribution in [3.63, 3.8) is 0 Å². The SMILES string of the molecule is CCC(O)CCNC(=O)COc1ccc(F)cc1F. The number of nitrogens with one attached hydrogen (secondary N) is 1. The average Bonchev–Trinajstić information content (AvgIpc) is 2.37. The van der Waals surface area contributed by atoms with Crippen LogP contribution in [0.3, 0.4) is 0 Å². The fourth-order valence-electron chi connectivity index (χ4n) is 1.37. The predicted octanol–water partition coefficient (Wildman–Crippen LogP) is 1.62. The Kier molecular flexibility index (Phi) is 6.21. The highest BCUT2D eigenvalue weighted by molar-refractivity contribution is 5.77. The lowest BCUT2D eigenvalue weighted by Gasteiger charge is -2.10. The van der Waals surface area contributed by atoms with E-state index < -0.39 is 23.6 Å². The Labute approximate surface area is 110 Å². The van der Waals surface area contributed by atoms with E-state index in [-0.39, 0.29) is 12.4 Å². The molecule has 1 unspecified atom stereocenters. The summed E-state index contributed by atoms with van der Waals surface area (Å²) in [5, 5.41) is 11.8. The third kappa shape index (κ3) is 5.65. The molecule has 6 heteroatoms. The van der Waals surface area contributed by atoms with Gasteiger partial charge in [-0.1, -0.05) is 6.92 Å². The van der Waals surface area contributed by atoms with Crippen LogP contribution in [0.5, 0.6) is 5.75 Å². The van der Waals surface area contributed by atoms with Crippen LogP contribution in [0.25, 0.3) is 0 Å². The smallest absolute Gasteiger partial charge is 0.257 e. The van der Waals surface area contributed by atoms with E-state index in [1.54, 1.807) is 0 Å². The summed E-state index contributed by atoms with van der Waals surface area (Å²) in [6.07, 6.45) is 0.621. The van der Waals surface area contributed by atoms with Crippen LogP contribution in [0, 0.1) is 11.6 Å². The molecule has 1 atom stereocenters. The summed E-state index contributed by atoms with van der Waals surface area (Å²) in [6.45, 7) is 1.81. The Bertz CT molecular complexity index is 426. The molecule has 0 heterocycles. The van der Waals surface area contributed by atoms with Gasteiger partial charge in [0, 0.05) is 12.6 Å². The third-order valence-electron chi connectivity index (χ3n) is 2.52. The number of halogens is 2. The molecule has 1 aromatic rings. The van der Waals surface area contributed by atoms with Crippen LogP contribution in [0.4, 0.5) is 8.78 Å². The summed E-state index contributed by atoms with van der Waals surface area (Å²) in [4.78, 5) is 11.4. The van der Waals surface area contributed by atoms with Crippen molar-refractivity contribution >= 4 is 5.91 Å². The molecule has 0 aliphatic rings.